The van der Waals surface area contributed by atoms with Gasteiger partial charge in [0.2, 0.25) is 0 Å². The molecular formula is C22H42O3. The summed E-state index contributed by atoms with van der Waals surface area (Å²) >= 11 is 0. The van der Waals surface area contributed by atoms with Crippen molar-refractivity contribution in [3.8, 4) is 0 Å². The summed E-state index contributed by atoms with van der Waals surface area (Å²) in [6.45, 7) is 6.64. The molecule has 3 nitrogen and oxygen atoms in total. The summed E-state index contributed by atoms with van der Waals surface area (Å²) < 4.78 is 17.7. The van der Waals surface area contributed by atoms with Crippen molar-refractivity contribution in [1.29, 1.82) is 0 Å². The van der Waals surface area contributed by atoms with E-state index in [-0.39, 0.29) is 11.9 Å². The van der Waals surface area contributed by atoms with Gasteiger partial charge in [-0.2, -0.15) is 0 Å². The average molecular weight is 355 g/mol. The molecule has 3 unspecified atom stereocenters. The van der Waals surface area contributed by atoms with Crippen molar-refractivity contribution in [2.75, 3.05) is 19.8 Å². The summed E-state index contributed by atoms with van der Waals surface area (Å²) in [7, 11) is 0. The Hall–Kier alpha value is -0.120. The number of fused-ring (bicyclic) bond motifs is 2. The molecule has 0 amide bonds. The number of ether oxygens (including phenoxy) is 3. The van der Waals surface area contributed by atoms with Crippen LogP contribution in [0.4, 0.5) is 0 Å². The first-order valence-corrected chi connectivity index (χ1v) is 11.2. The number of hydrogen-bond donors (Lipinski definition) is 0. The Morgan fingerprint density at radius 3 is 2.04 bits per heavy atom. The second-order valence-electron chi connectivity index (χ2n) is 8.25. The van der Waals surface area contributed by atoms with Gasteiger partial charge in [-0.05, 0) is 18.8 Å². The third-order valence-corrected chi connectivity index (χ3v) is 6.02. The van der Waals surface area contributed by atoms with Gasteiger partial charge in [0, 0.05) is 0 Å². The lowest BCUT2D eigenvalue weighted by atomic mass is 9.81. The molecule has 2 aliphatic rings. The Labute approximate surface area is 156 Å². The van der Waals surface area contributed by atoms with Crippen LogP contribution in [0.15, 0.2) is 0 Å². The topological polar surface area (TPSA) is 27.7 Å². The van der Waals surface area contributed by atoms with E-state index in [1.165, 1.54) is 89.9 Å². The largest absolute Gasteiger partial charge is 0.373 e. The summed E-state index contributed by atoms with van der Waals surface area (Å²) in [6, 6.07) is 0. The molecule has 2 saturated heterocycles. The minimum absolute atomic E-state index is 0.106. The van der Waals surface area contributed by atoms with Crippen molar-refractivity contribution >= 4 is 0 Å². The van der Waals surface area contributed by atoms with Crippen LogP contribution in [-0.4, -0.2) is 31.7 Å². The lowest BCUT2D eigenvalue weighted by Crippen LogP contribution is -2.48. The summed E-state index contributed by atoms with van der Waals surface area (Å²) in [6.07, 6.45) is 19.1. The first-order valence-electron chi connectivity index (χ1n) is 11.2. The van der Waals surface area contributed by atoms with Crippen molar-refractivity contribution in [2.45, 2.75) is 116 Å². The minimum Gasteiger partial charge on any atom is -0.373 e. The maximum atomic E-state index is 6.20. The van der Waals surface area contributed by atoms with Crippen LogP contribution in [0.5, 0.6) is 0 Å². The Morgan fingerprint density at radius 2 is 1.40 bits per heavy atom. The fourth-order valence-electron chi connectivity index (χ4n) is 4.46. The quantitative estimate of drug-likeness (QED) is 0.325. The van der Waals surface area contributed by atoms with Crippen LogP contribution in [0, 0.1) is 5.92 Å². The fraction of sp³-hybridized carbons (Fsp3) is 1.00. The van der Waals surface area contributed by atoms with E-state index >= 15 is 0 Å². The third kappa shape index (κ3) is 7.19. The molecule has 2 heterocycles. The summed E-state index contributed by atoms with van der Waals surface area (Å²) in [5.74, 6) is 0.598. The monoisotopic (exact) mass is 354 g/mol. The molecule has 0 aromatic carbocycles. The first-order chi connectivity index (χ1) is 12.3. The van der Waals surface area contributed by atoms with E-state index < -0.39 is 0 Å². The predicted octanol–water partition coefficient (Wildman–Crippen LogP) is 6.25. The zero-order chi connectivity index (χ0) is 17.8. The molecule has 25 heavy (non-hydrogen) atoms. The van der Waals surface area contributed by atoms with Crippen molar-refractivity contribution in [3.05, 3.63) is 0 Å². The summed E-state index contributed by atoms with van der Waals surface area (Å²) in [5.41, 5.74) is -0.141. The molecule has 0 radical (unpaired) electrons. The second kappa shape index (κ2) is 12.3. The minimum atomic E-state index is -0.141. The van der Waals surface area contributed by atoms with E-state index in [4.69, 9.17) is 14.2 Å². The molecule has 0 aromatic heterocycles. The van der Waals surface area contributed by atoms with Crippen LogP contribution in [0.2, 0.25) is 0 Å². The Kier molecular flexibility index (Phi) is 10.4. The van der Waals surface area contributed by atoms with Crippen LogP contribution in [0.25, 0.3) is 0 Å². The SMILES string of the molecule is CCCCCCCCCCCCCC(CCC)C12COCC(OC1)O2. The van der Waals surface area contributed by atoms with Gasteiger partial charge < -0.3 is 14.2 Å². The highest BCUT2D eigenvalue weighted by atomic mass is 16.8. The van der Waals surface area contributed by atoms with E-state index in [0.29, 0.717) is 12.5 Å². The molecular weight excluding hydrogens is 312 g/mol. The van der Waals surface area contributed by atoms with E-state index in [1.54, 1.807) is 0 Å². The lowest BCUT2D eigenvalue weighted by Gasteiger charge is -2.38. The smallest absolute Gasteiger partial charge is 0.181 e. The number of unbranched alkanes of at least 4 members (excludes halogenated alkanes) is 10. The highest BCUT2D eigenvalue weighted by Gasteiger charge is 2.49. The summed E-state index contributed by atoms with van der Waals surface area (Å²) in [5, 5.41) is 0. The van der Waals surface area contributed by atoms with Crippen LogP contribution in [0.3, 0.4) is 0 Å². The van der Waals surface area contributed by atoms with Crippen molar-refractivity contribution in [3.63, 3.8) is 0 Å². The van der Waals surface area contributed by atoms with Gasteiger partial charge >= 0.3 is 0 Å². The predicted molar refractivity (Wildman–Crippen MR) is 104 cm³/mol. The van der Waals surface area contributed by atoms with Gasteiger partial charge in [-0.25, -0.2) is 0 Å². The van der Waals surface area contributed by atoms with Gasteiger partial charge in [0.1, 0.15) is 5.60 Å². The molecule has 2 fully saturated rings. The molecule has 0 spiro atoms. The maximum Gasteiger partial charge on any atom is 0.181 e. The molecule has 2 rings (SSSR count). The molecule has 0 N–H and O–H groups in total. The molecule has 0 aromatic rings. The first kappa shape index (κ1) is 21.2. The zero-order valence-corrected chi connectivity index (χ0v) is 16.9. The number of rotatable bonds is 15. The molecule has 3 atom stereocenters. The van der Waals surface area contributed by atoms with Crippen molar-refractivity contribution in [2.24, 2.45) is 5.92 Å². The maximum absolute atomic E-state index is 6.20. The van der Waals surface area contributed by atoms with E-state index in [9.17, 15) is 0 Å². The Bertz CT molecular complexity index is 329. The van der Waals surface area contributed by atoms with Gasteiger partial charge in [0.25, 0.3) is 0 Å². The highest BCUT2D eigenvalue weighted by molar-refractivity contribution is 4.94. The molecule has 2 aliphatic heterocycles. The standard InChI is InChI=1S/C22H42O3/c1-3-5-6-7-8-9-10-11-12-13-14-16-20(15-4-2)22-18-23-17-21(25-22)24-19-22/h20-21H,3-19H2,1-2H3. The molecule has 148 valence electrons. The Morgan fingerprint density at radius 1 is 0.760 bits per heavy atom. The molecule has 3 heteroatoms. The van der Waals surface area contributed by atoms with Gasteiger partial charge in [0.15, 0.2) is 6.29 Å². The summed E-state index contributed by atoms with van der Waals surface area (Å²) in [4.78, 5) is 0. The van der Waals surface area contributed by atoms with E-state index in [1.807, 2.05) is 0 Å². The second-order valence-corrected chi connectivity index (χ2v) is 8.25. The van der Waals surface area contributed by atoms with E-state index in [2.05, 4.69) is 13.8 Å². The third-order valence-electron chi connectivity index (χ3n) is 6.02. The zero-order valence-electron chi connectivity index (χ0n) is 16.9. The lowest BCUT2D eigenvalue weighted by molar-refractivity contribution is -0.206. The van der Waals surface area contributed by atoms with Gasteiger partial charge in [-0.15, -0.1) is 0 Å². The number of hydrogen-bond acceptors (Lipinski definition) is 3. The van der Waals surface area contributed by atoms with Crippen LogP contribution >= 0.6 is 0 Å². The highest BCUT2D eigenvalue weighted by Crippen LogP contribution is 2.39. The van der Waals surface area contributed by atoms with Crippen LogP contribution in [0.1, 0.15) is 104 Å². The van der Waals surface area contributed by atoms with Crippen LogP contribution in [-0.2, 0) is 14.2 Å². The van der Waals surface area contributed by atoms with Crippen molar-refractivity contribution < 1.29 is 14.2 Å². The van der Waals surface area contributed by atoms with Crippen molar-refractivity contribution in [1.82, 2.24) is 0 Å². The molecule has 0 saturated carbocycles. The van der Waals surface area contributed by atoms with Gasteiger partial charge in [-0.1, -0.05) is 90.9 Å². The van der Waals surface area contributed by atoms with Gasteiger partial charge in [0.05, 0.1) is 19.8 Å². The van der Waals surface area contributed by atoms with E-state index in [0.717, 1.165) is 13.2 Å². The molecule has 0 aliphatic carbocycles. The normalized spacial score (nSPS) is 26.9. The van der Waals surface area contributed by atoms with Crippen LogP contribution < -0.4 is 0 Å². The fourth-order valence-corrected chi connectivity index (χ4v) is 4.46. The average Bonchev–Trinajstić information content (AvgIpc) is 2.93. The molecule has 2 bridgehead atoms. The van der Waals surface area contributed by atoms with Gasteiger partial charge in [-0.3, -0.25) is 0 Å². The Balaban J connectivity index is 1.52.